The molecule has 1 fully saturated rings. The van der Waals surface area contributed by atoms with E-state index in [-0.39, 0.29) is 0 Å². The van der Waals surface area contributed by atoms with Crippen LogP contribution in [0.15, 0.2) is 0 Å². The van der Waals surface area contributed by atoms with Gasteiger partial charge in [0.05, 0.1) is 13.2 Å². The van der Waals surface area contributed by atoms with E-state index in [1.807, 2.05) is 0 Å². The minimum Gasteiger partial charge on any atom is -0.382 e. The molecule has 0 aromatic heterocycles. The summed E-state index contributed by atoms with van der Waals surface area (Å²) in [5, 5.41) is 3.45. The molecule has 1 rings (SSSR count). The van der Waals surface area contributed by atoms with Gasteiger partial charge in [-0.05, 0) is 38.9 Å². The van der Waals surface area contributed by atoms with Crippen molar-refractivity contribution in [1.29, 1.82) is 0 Å². The zero-order valence-electron chi connectivity index (χ0n) is 10.5. The number of ether oxygens (including phenoxy) is 2. The number of hydrogen-bond donors (Lipinski definition) is 1. The van der Waals surface area contributed by atoms with Gasteiger partial charge in [-0.15, -0.1) is 0 Å². The lowest BCUT2D eigenvalue weighted by atomic mass is 10.4. The monoisotopic (exact) mass is 230 g/mol. The Balaban J connectivity index is 1.71. The van der Waals surface area contributed by atoms with Crippen molar-refractivity contribution in [2.24, 2.45) is 0 Å². The lowest BCUT2D eigenvalue weighted by molar-refractivity contribution is 0.0694. The van der Waals surface area contributed by atoms with Crippen molar-refractivity contribution < 1.29 is 9.47 Å². The van der Waals surface area contributed by atoms with Crippen LogP contribution < -0.4 is 5.32 Å². The van der Waals surface area contributed by atoms with Crippen LogP contribution >= 0.6 is 0 Å². The largest absolute Gasteiger partial charge is 0.382 e. The fourth-order valence-electron chi connectivity index (χ4n) is 1.91. The van der Waals surface area contributed by atoms with Gasteiger partial charge in [-0.3, -0.25) is 0 Å². The van der Waals surface area contributed by atoms with Gasteiger partial charge in [-0.1, -0.05) is 0 Å². The van der Waals surface area contributed by atoms with Gasteiger partial charge in [-0.2, -0.15) is 0 Å². The molecule has 16 heavy (non-hydrogen) atoms. The van der Waals surface area contributed by atoms with Crippen molar-refractivity contribution in [2.45, 2.75) is 19.3 Å². The maximum atomic E-state index is 5.38. The molecule has 96 valence electrons. The van der Waals surface area contributed by atoms with Crippen LogP contribution in [0.3, 0.4) is 0 Å². The first kappa shape index (κ1) is 13.9. The molecule has 0 atom stereocenters. The highest BCUT2D eigenvalue weighted by atomic mass is 16.5. The molecule has 0 aromatic rings. The van der Waals surface area contributed by atoms with Crippen LogP contribution in [-0.2, 0) is 9.47 Å². The quantitative estimate of drug-likeness (QED) is 0.561. The second-order valence-corrected chi connectivity index (χ2v) is 4.26. The van der Waals surface area contributed by atoms with E-state index in [9.17, 15) is 0 Å². The van der Waals surface area contributed by atoms with Crippen LogP contribution in [0, 0.1) is 0 Å². The van der Waals surface area contributed by atoms with Crippen LogP contribution in [0.1, 0.15) is 19.3 Å². The predicted molar refractivity (Wildman–Crippen MR) is 65.9 cm³/mol. The predicted octanol–water partition coefficient (Wildman–Crippen LogP) is 0.725. The average Bonchev–Trinajstić information content (AvgIpc) is 2.80. The number of nitrogens with zero attached hydrogens (tertiary/aromatic N) is 1. The molecule has 1 heterocycles. The molecule has 1 N–H and O–H groups in total. The topological polar surface area (TPSA) is 33.7 Å². The second kappa shape index (κ2) is 10.0. The Bertz CT molecular complexity index is 150. The number of nitrogens with one attached hydrogen (secondary N) is 1. The van der Waals surface area contributed by atoms with E-state index in [1.165, 1.54) is 32.5 Å². The summed E-state index contributed by atoms with van der Waals surface area (Å²) in [5.74, 6) is 0. The molecule has 0 spiro atoms. The molecule has 1 saturated heterocycles. The van der Waals surface area contributed by atoms with Gasteiger partial charge in [0.2, 0.25) is 0 Å². The van der Waals surface area contributed by atoms with Crippen LogP contribution in [0.5, 0.6) is 0 Å². The van der Waals surface area contributed by atoms with Gasteiger partial charge in [-0.25, -0.2) is 0 Å². The number of rotatable bonds is 10. The minimum atomic E-state index is 0.697. The van der Waals surface area contributed by atoms with Crippen molar-refractivity contribution in [1.82, 2.24) is 10.2 Å². The van der Waals surface area contributed by atoms with Crippen LogP contribution in [0.4, 0.5) is 0 Å². The molecule has 4 heteroatoms. The van der Waals surface area contributed by atoms with Gasteiger partial charge in [0.15, 0.2) is 0 Å². The summed E-state index contributed by atoms with van der Waals surface area (Å²) in [7, 11) is 1.70. The van der Waals surface area contributed by atoms with E-state index in [2.05, 4.69) is 10.2 Å². The van der Waals surface area contributed by atoms with Crippen LogP contribution in [0.2, 0.25) is 0 Å². The Morgan fingerprint density at radius 1 is 1.06 bits per heavy atom. The molecule has 1 aliphatic heterocycles. The van der Waals surface area contributed by atoms with Crippen molar-refractivity contribution in [3.05, 3.63) is 0 Å². The summed E-state index contributed by atoms with van der Waals surface area (Å²) in [6.07, 6.45) is 3.85. The first-order chi connectivity index (χ1) is 7.93. The van der Waals surface area contributed by atoms with Crippen LogP contribution in [-0.4, -0.2) is 64.6 Å². The summed E-state index contributed by atoms with van der Waals surface area (Å²) in [5.41, 5.74) is 0. The fourth-order valence-corrected chi connectivity index (χ4v) is 1.91. The zero-order chi connectivity index (χ0) is 11.5. The highest BCUT2D eigenvalue weighted by molar-refractivity contribution is 4.66. The molecule has 0 saturated carbocycles. The summed E-state index contributed by atoms with van der Waals surface area (Å²) >= 11 is 0. The third-order valence-corrected chi connectivity index (χ3v) is 2.88. The number of hydrogen-bond acceptors (Lipinski definition) is 4. The van der Waals surface area contributed by atoms with E-state index in [0.29, 0.717) is 13.2 Å². The van der Waals surface area contributed by atoms with Gasteiger partial charge >= 0.3 is 0 Å². The third kappa shape index (κ3) is 7.17. The van der Waals surface area contributed by atoms with E-state index in [4.69, 9.17) is 9.47 Å². The second-order valence-electron chi connectivity index (χ2n) is 4.26. The average molecular weight is 230 g/mol. The molecular formula is C12H26N2O2. The molecule has 0 aliphatic carbocycles. The van der Waals surface area contributed by atoms with Crippen LogP contribution in [0.25, 0.3) is 0 Å². The zero-order valence-corrected chi connectivity index (χ0v) is 10.5. The Morgan fingerprint density at radius 3 is 2.62 bits per heavy atom. The lowest BCUT2D eigenvalue weighted by Crippen LogP contribution is -2.30. The molecule has 4 nitrogen and oxygen atoms in total. The van der Waals surface area contributed by atoms with Gasteiger partial charge < -0.3 is 19.7 Å². The normalized spacial score (nSPS) is 17.1. The Kier molecular flexibility index (Phi) is 8.71. The van der Waals surface area contributed by atoms with Gasteiger partial charge in [0, 0.05) is 26.8 Å². The maximum Gasteiger partial charge on any atom is 0.0700 e. The van der Waals surface area contributed by atoms with E-state index in [1.54, 1.807) is 7.11 Å². The SMILES string of the molecule is COCCOCCCNCCN1CCCC1. The van der Waals surface area contributed by atoms with Gasteiger partial charge in [0.1, 0.15) is 0 Å². The van der Waals surface area contributed by atoms with Crippen molar-refractivity contribution in [3.63, 3.8) is 0 Å². The maximum absolute atomic E-state index is 5.38. The van der Waals surface area contributed by atoms with E-state index >= 15 is 0 Å². The molecule has 0 radical (unpaired) electrons. The van der Waals surface area contributed by atoms with Crippen molar-refractivity contribution in [2.75, 3.05) is 59.7 Å². The Hall–Kier alpha value is -0.160. The highest BCUT2D eigenvalue weighted by Gasteiger charge is 2.09. The van der Waals surface area contributed by atoms with E-state index < -0.39 is 0 Å². The fraction of sp³-hybridized carbons (Fsp3) is 1.00. The molecule has 0 unspecified atom stereocenters. The summed E-state index contributed by atoms with van der Waals surface area (Å²) in [6.45, 7) is 8.19. The standard InChI is InChI=1S/C12H26N2O2/c1-15-11-12-16-10-4-5-13-6-9-14-7-2-3-8-14/h13H,2-12H2,1H3. The summed E-state index contributed by atoms with van der Waals surface area (Å²) in [4.78, 5) is 2.53. The first-order valence-electron chi connectivity index (χ1n) is 6.43. The Labute approximate surface area is 99.3 Å². The first-order valence-corrected chi connectivity index (χ1v) is 6.43. The molecule has 1 aliphatic rings. The summed E-state index contributed by atoms with van der Waals surface area (Å²) < 4.78 is 10.3. The van der Waals surface area contributed by atoms with Crippen molar-refractivity contribution in [3.8, 4) is 0 Å². The number of methoxy groups -OCH3 is 1. The third-order valence-electron chi connectivity index (χ3n) is 2.88. The highest BCUT2D eigenvalue weighted by Crippen LogP contribution is 2.05. The number of likely N-dealkylation sites (tertiary alicyclic amines) is 1. The minimum absolute atomic E-state index is 0.697. The molecule has 0 amide bonds. The van der Waals surface area contributed by atoms with Crippen molar-refractivity contribution >= 4 is 0 Å². The smallest absolute Gasteiger partial charge is 0.0700 e. The molecule has 0 bridgehead atoms. The summed E-state index contributed by atoms with van der Waals surface area (Å²) in [6, 6.07) is 0. The molecular weight excluding hydrogens is 204 g/mol. The molecule has 0 aromatic carbocycles. The van der Waals surface area contributed by atoms with Gasteiger partial charge in [0.25, 0.3) is 0 Å². The lowest BCUT2D eigenvalue weighted by Gasteiger charge is -2.14. The van der Waals surface area contributed by atoms with E-state index in [0.717, 1.165) is 26.1 Å². The Morgan fingerprint density at radius 2 is 1.88 bits per heavy atom.